The van der Waals surface area contributed by atoms with Crippen molar-refractivity contribution in [1.29, 1.82) is 0 Å². The minimum Gasteiger partial charge on any atom is -0.544 e. The van der Waals surface area contributed by atoms with Crippen LogP contribution in [0.25, 0.3) is 0 Å². The molecule has 0 fully saturated rings. The van der Waals surface area contributed by atoms with Gasteiger partial charge in [0.1, 0.15) is 11.9 Å². The standard InChI is InChI=1S/C18H27FN2O3/c1-3-5-6-13(4-2)12-20-16(18(23)24)11-17(22)21-15-9-7-14(19)8-10-15/h7-10,13,16,20H,3-6,11-12H2,1-2H3,(H,21,22)(H,23,24)/t13-,16-/m1/s1. The molecule has 0 saturated carbocycles. The number of rotatable bonds is 11. The van der Waals surface area contributed by atoms with Crippen LogP contribution in [0.5, 0.6) is 0 Å². The first kappa shape index (κ1) is 20.1. The van der Waals surface area contributed by atoms with Crippen LogP contribution in [0, 0.1) is 11.7 Å². The minimum absolute atomic E-state index is 0.177. The zero-order valence-corrected chi connectivity index (χ0v) is 14.4. The second-order valence-electron chi connectivity index (χ2n) is 6.07. The van der Waals surface area contributed by atoms with Gasteiger partial charge in [-0.2, -0.15) is 0 Å². The summed E-state index contributed by atoms with van der Waals surface area (Å²) in [5, 5.41) is 15.5. The van der Waals surface area contributed by atoms with E-state index in [0.29, 0.717) is 18.2 Å². The molecule has 0 aliphatic heterocycles. The number of amides is 1. The van der Waals surface area contributed by atoms with Crippen LogP contribution in [0.3, 0.4) is 0 Å². The first-order valence-electron chi connectivity index (χ1n) is 8.55. The van der Waals surface area contributed by atoms with Gasteiger partial charge in [0.05, 0.1) is 18.9 Å². The molecule has 0 saturated heterocycles. The molecular weight excluding hydrogens is 311 g/mol. The Hall–Kier alpha value is -1.95. The number of quaternary nitrogens is 1. The van der Waals surface area contributed by atoms with Gasteiger partial charge in [-0.15, -0.1) is 0 Å². The number of benzene rings is 1. The van der Waals surface area contributed by atoms with E-state index in [1.54, 1.807) is 5.32 Å². The summed E-state index contributed by atoms with van der Waals surface area (Å²) in [5.41, 5.74) is 0.438. The Morgan fingerprint density at radius 1 is 1.25 bits per heavy atom. The Balaban J connectivity index is 2.50. The number of carbonyl (C=O) groups is 2. The van der Waals surface area contributed by atoms with E-state index in [1.807, 2.05) is 0 Å². The van der Waals surface area contributed by atoms with E-state index in [1.165, 1.54) is 24.3 Å². The van der Waals surface area contributed by atoms with Crippen LogP contribution in [0.15, 0.2) is 24.3 Å². The predicted molar refractivity (Wildman–Crippen MR) is 88.5 cm³/mol. The first-order chi connectivity index (χ1) is 11.5. The topological polar surface area (TPSA) is 85.8 Å². The molecule has 1 rings (SSSR count). The van der Waals surface area contributed by atoms with E-state index in [-0.39, 0.29) is 6.42 Å². The zero-order chi connectivity index (χ0) is 17.9. The van der Waals surface area contributed by atoms with Crippen LogP contribution in [0.4, 0.5) is 10.1 Å². The molecule has 24 heavy (non-hydrogen) atoms. The van der Waals surface area contributed by atoms with E-state index in [2.05, 4.69) is 19.2 Å². The molecule has 0 spiro atoms. The second-order valence-corrected chi connectivity index (χ2v) is 6.07. The minimum atomic E-state index is -1.24. The lowest BCUT2D eigenvalue weighted by molar-refractivity contribution is -0.687. The number of carboxylic acid groups (broad SMARTS) is 1. The molecule has 2 atom stereocenters. The number of nitrogens with two attached hydrogens (primary N) is 1. The highest BCUT2D eigenvalue weighted by molar-refractivity contribution is 5.93. The monoisotopic (exact) mass is 338 g/mol. The molecular formula is C18H27FN2O3. The molecule has 1 amide bonds. The molecule has 134 valence electrons. The SMILES string of the molecule is CCCC[C@@H](CC)C[NH2+][C@H](CC(=O)Nc1ccc(F)cc1)C(=O)[O-]. The number of halogens is 1. The zero-order valence-electron chi connectivity index (χ0n) is 14.4. The molecule has 0 unspecified atom stereocenters. The summed E-state index contributed by atoms with van der Waals surface area (Å²) in [6, 6.07) is 4.42. The van der Waals surface area contributed by atoms with Crippen molar-refractivity contribution in [1.82, 2.24) is 0 Å². The summed E-state index contributed by atoms with van der Waals surface area (Å²) in [5.74, 6) is -1.62. The van der Waals surface area contributed by atoms with Crippen LogP contribution in [0.2, 0.25) is 0 Å². The molecule has 0 aliphatic carbocycles. The van der Waals surface area contributed by atoms with Crippen molar-refractivity contribution in [3.05, 3.63) is 30.1 Å². The summed E-state index contributed by atoms with van der Waals surface area (Å²) >= 11 is 0. The molecule has 0 aliphatic rings. The van der Waals surface area contributed by atoms with E-state index < -0.39 is 23.7 Å². The van der Waals surface area contributed by atoms with Crippen molar-refractivity contribution in [3.63, 3.8) is 0 Å². The number of nitrogens with one attached hydrogen (secondary N) is 1. The molecule has 0 radical (unpaired) electrons. The molecule has 1 aromatic rings. The third-order valence-corrected chi connectivity index (χ3v) is 4.13. The Kier molecular flexibility index (Phi) is 9.01. The lowest BCUT2D eigenvalue weighted by Crippen LogP contribution is -2.94. The maximum Gasteiger partial charge on any atom is 0.230 e. The smallest absolute Gasteiger partial charge is 0.230 e. The second kappa shape index (κ2) is 10.8. The summed E-state index contributed by atoms with van der Waals surface area (Å²) in [6.45, 7) is 4.88. The summed E-state index contributed by atoms with van der Waals surface area (Å²) in [7, 11) is 0. The fraction of sp³-hybridized carbons (Fsp3) is 0.556. The van der Waals surface area contributed by atoms with Crippen LogP contribution < -0.4 is 15.7 Å². The molecule has 5 nitrogen and oxygen atoms in total. The Bertz CT molecular complexity index is 520. The van der Waals surface area contributed by atoms with Crippen LogP contribution >= 0.6 is 0 Å². The fourth-order valence-corrected chi connectivity index (χ4v) is 2.55. The van der Waals surface area contributed by atoms with Crippen molar-refractivity contribution in [3.8, 4) is 0 Å². The quantitative estimate of drug-likeness (QED) is 0.632. The average Bonchev–Trinajstić information content (AvgIpc) is 2.55. The highest BCUT2D eigenvalue weighted by atomic mass is 19.1. The summed E-state index contributed by atoms with van der Waals surface area (Å²) < 4.78 is 12.8. The highest BCUT2D eigenvalue weighted by Crippen LogP contribution is 2.10. The van der Waals surface area contributed by atoms with E-state index >= 15 is 0 Å². The van der Waals surface area contributed by atoms with Gasteiger partial charge in [-0.05, 0) is 37.1 Å². The van der Waals surface area contributed by atoms with Crippen LogP contribution in [-0.4, -0.2) is 24.5 Å². The van der Waals surface area contributed by atoms with Crippen LogP contribution in [-0.2, 0) is 9.59 Å². The molecule has 0 heterocycles. The molecule has 3 N–H and O–H groups in total. The number of aliphatic carboxylic acids is 1. The molecule has 0 aromatic heterocycles. The number of anilines is 1. The maximum absolute atomic E-state index is 12.8. The lowest BCUT2D eigenvalue weighted by Gasteiger charge is -2.20. The maximum atomic E-state index is 12.8. The largest absolute Gasteiger partial charge is 0.544 e. The lowest BCUT2D eigenvalue weighted by atomic mass is 9.99. The number of hydrogen-bond acceptors (Lipinski definition) is 3. The van der Waals surface area contributed by atoms with Gasteiger partial charge >= 0.3 is 0 Å². The van der Waals surface area contributed by atoms with Gasteiger partial charge in [0.25, 0.3) is 0 Å². The van der Waals surface area contributed by atoms with Gasteiger partial charge in [0.2, 0.25) is 5.91 Å². The van der Waals surface area contributed by atoms with Crippen molar-refractivity contribution in [2.24, 2.45) is 5.92 Å². The number of carbonyl (C=O) groups excluding carboxylic acids is 2. The van der Waals surface area contributed by atoms with Gasteiger partial charge in [-0.25, -0.2) is 4.39 Å². The molecule has 0 bridgehead atoms. The first-order valence-corrected chi connectivity index (χ1v) is 8.55. The Morgan fingerprint density at radius 2 is 1.92 bits per heavy atom. The van der Waals surface area contributed by atoms with Gasteiger partial charge in [0.15, 0.2) is 0 Å². The van der Waals surface area contributed by atoms with Gasteiger partial charge < -0.3 is 20.5 Å². The third-order valence-electron chi connectivity index (χ3n) is 4.13. The van der Waals surface area contributed by atoms with Gasteiger partial charge in [-0.3, -0.25) is 4.79 Å². The van der Waals surface area contributed by atoms with Gasteiger partial charge in [0, 0.05) is 11.6 Å². The Morgan fingerprint density at radius 3 is 2.46 bits per heavy atom. The van der Waals surface area contributed by atoms with Crippen LogP contribution in [0.1, 0.15) is 46.0 Å². The van der Waals surface area contributed by atoms with E-state index in [0.717, 1.165) is 25.7 Å². The number of hydrogen-bond donors (Lipinski definition) is 2. The highest BCUT2D eigenvalue weighted by Gasteiger charge is 2.20. The van der Waals surface area contributed by atoms with Crippen molar-refractivity contribution < 1.29 is 24.4 Å². The molecule has 1 aromatic carbocycles. The van der Waals surface area contributed by atoms with Crippen molar-refractivity contribution >= 4 is 17.6 Å². The Labute approximate surface area is 142 Å². The van der Waals surface area contributed by atoms with Crippen molar-refractivity contribution in [2.75, 3.05) is 11.9 Å². The number of unbranched alkanes of at least 4 members (excludes halogenated alkanes) is 1. The summed E-state index contributed by atoms with van der Waals surface area (Å²) in [4.78, 5) is 23.3. The average molecular weight is 338 g/mol. The summed E-state index contributed by atoms with van der Waals surface area (Å²) in [6.07, 6.45) is 4.10. The number of carboxylic acids is 1. The van der Waals surface area contributed by atoms with Gasteiger partial charge in [-0.1, -0.05) is 26.7 Å². The van der Waals surface area contributed by atoms with E-state index in [9.17, 15) is 19.1 Å². The molecule has 6 heteroatoms. The van der Waals surface area contributed by atoms with E-state index in [4.69, 9.17) is 0 Å². The third kappa shape index (κ3) is 7.55. The normalized spacial score (nSPS) is 13.3. The predicted octanol–water partition coefficient (Wildman–Crippen LogP) is 1.05. The van der Waals surface area contributed by atoms with Crippen molar-refractivity contribution in [2.45, 2.75) is 52.0 Å². The fourth-order valence-electron chi connectivity index (χ4n) is 2.55.